The van der Waals surface area contributed by atoms with Crippen molar-refractivity contribution in [3.05, 3.63) is 15.8 Å². The third-order valence-electron chi connectivity index (χ3n) is 2.37. The summed E-state index contributed by atoms with van der Waals surface area (Å²) in [4.78, 5) is 17.8. The lowest BCUT2D eigenvalue weighted by Gasteiger charge is -2.10. The van der Waals surface area contributed by atoms with Crippen LogP contribution < -0.4 is 10.1 Å². The van der Waals surface area contributed by atoms with Crippen LogP contribution >= 0.6 is 0 Å². The molecule has 0 amide bonds. The maximum Gasteiger partial charge on any atom is 0.392 e. The number of hydrogen-bond donors (Lipinski definition) is 1. The van der Waals surface area contributed by atoms with E-state index in [0.717, 1.165) is 6.42 Å². The number of alkyl halides is 3. The molecule has 0 aliphatic carbocycles. The van der Waals surface area contributed by atoms with Crippen LogP contribution in [0.25, 0.3) is 0 Å². The van der Waals surface area contributed by atoms with Crippen molar-refractivity contribution in [1.82, 2.24) is 9.97 Å². The van der Waals surface area contributed by atoms with Crippen LogP contribution in [0.1, 0.15) is 25.5 Å². The molecule has 0 saturated carbocycles. The van der Waals surface area contributed by atoms with E-state index in [9.17, 15) is 23.3 Å². The van der Waals surface area contributed by atoms with E-state index >= 15 is 0 Å². The zero-order valence-electron chi connectivity index (χ0n) is 11.5. The molecule has 0 aliphatic heterocycles. The maximum absolute atomic E-state index is 12.1. The molecule has 1 N–H and O–H groups in total. The Labute approximate surface area is 118 Å². The fraction of sp³-hybridized carbons (Fsp3) is 0.636. The molecule has 0 fully saturated rings. The number of rotatable bonds is 7. The highest BCUT2D eigenvalue weighted by atomic mass is 19.4. The molecule has 0 aliphatic rings. The van der Waals surface area contributed by atoms with Crippen molar-refractivity contribution >= 4 is 11.6 Å². The summed E-state index contributed by atoms with van der Waals surface area (Å²) in [5, 5.41) is 13.7. The van der Waals surface area contributed by atoms with Crippen molar-refractivity contribution < 1.29 is 22.8 Å². The topological polar surface area (TPSA) is 90.2 Å². The van der Waals surface area contributed by atoms with Crippen LogP contribution in [0.2, 0.25) is 0 Å². The number of aromatic nitrogens is 2. The Morgan fingerprint density at radius 3 is 2.57 bits per heavy atom. The van der Waals surface area contributed by atoms with Gasteiger partial charge in [-0.2, -0.15) is 18.2 Å². The molecule has 0 spiro atoms. The van der Waals surface area contributed by atoms with Crippen molar-refractivity contribution in [2.24, 2.45) is 0 Å². The molecule has 0 atom stereocenters. The molecule has 0 saturated heterocycles. The lowest BCUT2D eigenvalue weighted by molar-refractivity contribution is -0.387. The Balaban J connectivity index is 2.96. The summed E-state index contributed by atoms with van der Waals surface area (Å²) in [5.41, 5.74) is -0.505. The third-order valence-corrected chi connectivity index (χ3v) is 2.37. The molecule has 0 bridgehead atoms. The second kappa shape index (κ2) is 7.04. The summed E-state index contributed by atoms with van der Waals surface area (Å²) >= 11 is 0. The largest absolute Gasteiger partial charge is 0.472 e. The normalized spacial score (nSPS) is 11.3. The number of anilines is 1. The molecule has 7 nitrogen and oxygen atoms in total. The lowest BCUT2D eigenvalue weighted by Crippen LogP contribution is -2.15. The van der Waals surface area contributed by atoms with Crippen molar-refractivity contribution in [3.8, 4) is 5.88 Å². The predicted molar refractivity (Wildman–Crippen MR) is 68.4 cm³/mol. The van der Waals surface area contributed by atoms with Gasteiger partial charge in [0.2, 0.25) is 5.95 Å². The van der Waals surface area contributed by atoms with Gasteiger partial charge in [-0.1, -0.05) is 6.92 Å². The molecule has 1 rings (SSSR count). The summed E-state index contributed by atoms with van der Waals surface area (Å²) in [6.45, 7) is 3.05. The average molecular weight is 308 g/mol. The molecular formula is C11H15F3N4O3. The Kier molecular flexibility index (Phi) is 5.68. The number of nitrogens with one attached hydrogen (secondary N) is 1. The standard InChI is InChI=1S/C11H15F3N4O3/c1-3-5-15-10-16-7(2)8(18(19)20)9(17-10)21-6-4-11(12,13)14/h3-6H2,1-2H3,(H,15,16,17). The molecule has 1 aromatic heterocycles. The van der Waals surface area contributed by atoms with E-state index in [0.29, 0.717) is 6.54 Å². The predicted octanol–water partition coefficient (Wildman–Crippen LogP) is 2.85. The van der Waals surface area contributed by atoms with Crippen LogP contribution in [0.4, 0.5) is 24.8 Å². The van der Waals surface area contributed by atoms with E-state index in [1.54, 1.807) is 0 Å². The molecule has 118 valence electrons. The average Bonchev–Trinajstić information content (AvgIpc) is 2.33. The number of halogens is 3. The van der Waals surface area contributed by atoms with E-state index < -0.39 is 35.7 Å². The summed E-state index contributed by atoms with van der Waals surface area (Å²) in [5.74, 6) is -0.377. The van der Waals surface area contributed by atoms with Gasteiger partial charge in [-0.05, 0) is 13.3 Å². The van der Waals surface area contributed by atoms with Crippen molar-refractivity contribution in [2.75, 3.05) is 18.5 Å². The first-order valence-electron chi connectivity index (χ1n) is 6.21. The minimum atomic E-state index is -4.40. The van der Waals surface area contributed by atoms with E-state index in [-0.39, 0.29) is 11.6 Å². The van der Waals surface area contributed by atoms with Crippen LogP contribution in [-0.2, 0) is 0 Å². The number of aryl methyl sites for hydroxylation is 1. The highest BCUT2D eigenvalue weighted by Gasteiger charge is 2.29. The highest BCUT2D eigenvalue weighted by molar-refractivity contribution is 5.48. The smallest absolute Gasteiger partial charge is 0.392 e. The lowest BCUT2D eigenvalue weighted by atomic mass is 10.3. The zero-order valence-corrected chi connectivity index (χ0v) is 11.5. The van der Waals surface area contributed by atoms with Gasteiger partial charge in [-0.3, -0.25) is 10.1 Å². The third kappa shape index (κ3) is 5.40. The van der Waals surface area contributed by atoms with Crippen LogP contribution in [-0.4, -0.2) is 34.2 Å². The molecule has 1 aromatic rings. The second-order valence-corrected chi connectivity index (χ2v) is 4.18. The molecule has 0 unspecified atom stereocenters. The van der Waals surface area contributed by atoms with Gasteiger partial charge in [0.05, 0.1) is 18.0 Å². The van der Waals surface area contributed by atoms with Gasteiger partial charge >= 0.3 is 11.9 Å². The Morgan fingerprint density at radius 1 is 1.38 bits per heavy atom. The van der Waals surface area contributed by atoms with E-state index in [1.807, 2.05) is 6.92 Å². The molecule has 0 aromatic carbocycles. The van der Waals surface area contributed by atoms with Crippen LogP contribution in [0.15, 0.2) is 0 Å². The number of nitro groups is 1. The fourth-order valence-electron chi connectivity index (χ4n) is 1.43. The summed E-state index contributed by atoms with van der Waals surface area (Å²) in [6, 6.07) is 0. The van der Waals surface area contributed by atoms with Gasteiger partial charge in [-0.15, -0.1) is 0 Å². The van der Waals surface area contributed by atoms with Gasteiger partial charge in [0.25, 0.3) is 5.88 Å². The second-order valence-electron chi connectivity index (χ2n) is 4.18. The van der Waals surface area contributed by atoms with Crippen molar-refractivity contribution in [1.29, 1.82) is 0 Å². The van der Waals surface area contributed by atoms with Crippen LogP contribution in [0.3, 0.4) is 0 Å². The van der Waals surface area contributed by atoms with Gasteiger partial charge < -0.3 is 10.1 Å². The Hall–Kier alpha value is -2.13. The van der Waals surface area contributed by atoms with Gasteiger partial charge in [-0.25, -0.2) is 4.98 Å². The monoisotopic (exact) mass is 308 g/mol. The maximum atomic E-state index is 12.1. The minimum absolute atomic E-state index is 0.0237. The number of hydrogen-bond acceptors (Lipinski definition) is 6. The summed E-state index contributed by atoms with van der Waals surface area (Å²) in [6.07, 6.45) is -4.85. The quantitative estimate of drug-likeness (QED) is 0.615. The number of ether oxygens (including phenoxy) is 1. The van der Waals surface area contributed by atoms with E-state index in [4.69, 9.17) is 4.74 Å². The Morgan fingerprint density at radius 2 is 2.05 bits per heavy atom. The van der Waals surface area contributed by atoms with Crippen LogP contribution in [0.5, 0.6) is 5.88 Å². The minimum Gasteiger partial charge on any atom is -0.472 e. The van der Waals surface area contributed by atoms with Gasteiger partial charge in [0, 0.05) is 6.54 Å². The SMILES string of the molecule is CCCNc1nc(C)c([N+](=O)[O-])c(OCCC(F)(F)F)n1. The fourth-order valence-corrected chi connectivity index (χ4v) is 1.43. The van der Waals surface area contributed by atoms with Crippen molar-refractivity contribution in [3.63, 3.8) is 0 Å². The van der Waals surface area contributed by atoms with Gasteiger partial charge in [0.1, 0.15) is 5.69 Å². The molecule has 21 heavy (non-hydrogen) atoms. The number of nitrogens with zero attached hydrogens (tertiary/aromatic N) is 3. The summed E-state index contributed by atoms with van der Waals surface area (Å²) < 4.78 is 41.1. The Bertz CT molecular complexity index is 508. The van der Waals surface area contributed by atoms with Gasteiger partial charge in [0.15, 0.2) is 0 Å². The molecule has 10 heteroatoms. The first-order chi connectivity index (χ1) is 9.74. The summed E-state index contributed by atoms with van der Waals surface area (Å²) in [7, 11) is 0. The first-order valence-corrected chi connectivity index (χ1v) is 6.21. The molecule has 0 radical (unpaired) electrons. The first kappa shape index (κ1) is 16.9. The van der Waals surface area contributed by atoms with E-state index in [1.165, 1.54) is 6.92 Å². The zero-order chi connectivity index (χ0) is 16.0. The van der Waals surface area contributed by atoms with Crippen LogP contribution in [0, 0.1) is 17.0 Å². The van der Waals surface area contributed by atoms with Crippen molar-refractivity contribution in [2.45, 2.75) is 32.9 Å². The molecular weight excluding hydrogens is 293 g/mol. The van der Waals surface area contributed by atoms with E-state index in [2.05, 4.69) is 15.3 Å². The molecule has 1 heterocycles. The highest BCUT2D eigenvalue weighted by Crippen LogP contribution is 2.29.